The van der Waals surface area contributed by atoms with E-state index >= 15 is 0 Å². The van der Waals surface area contributed by atoms with Crippen LogP contribution in [0.1, 0.15) is 32.2 Å². The molecule has 16 heavy (non-hydrogen) atoms. The molecule has 0 saturated carbocycles. The third-order valence-electron chi connectivity index (χ3n) is 2.45. The lowest BCUT2D eigenvalue weighted by Gasteiger charge is -2.03. The molecule has 0 unspecified atom stereocenters. The van der Waals surface area contributed by atoms with Gasteiger partial charge in [-0.2, -0.15) is 0 Å². The Labute approximate surface area is 99.0 Å². The zero-order chi connectivity index (χ0) is 11.7. The molecule has 0 aliphatic rings. The maximum atomic E-state index is 12.2. The molecular formula is C13H13NOS. The van der Waals surface area contributed by atoms with E-state index in [4.69, 9.17) is 0 Å². The Morgan fingerprint density at radius 3 is 2.31 bits per heavy atom. The first-order chi connectivity index (χ1) is 7.58. The van der Waals surface area contributed by atoms with Gasteiger partial charge in [0.05, 0.1) is 0 Å². The molecule has 82 valence electrons. The van der Waals surface area contributed by atoms with Gasteiger partial charge in [-0.3, -0.25) is 9.78 Å². The maximum absolute atomic E-state index is 12.2. The van der Waals surface area contributed by atoms with E-state index in [0.717, 1.165) is 27.4 Å². The van der Waals surface area contributed by atoms with E-state index in [1.165, 1.54) is 0 Å². The van der Waals surface area contributed by atoms with E-state index in [1.54, 1.807) is 11.3 Å². The van der Waals surface area contributed by atoms with Crippen LogP contribution in [0.5, 0.6) is 0 Å². The molecular weight excluding hydrogens is 218 g/mol. The predicted molar refractivity (Wildman–Crippen MR) is 66.2 cm³/mol. The third-order valence-corrected chi connectivity index (χ3v) is 3.29. The smallest absolute Gasteiger partial charge is 0.194 e. The van der Waals surface area contributed by atoms with E-state index in [-0.39, 0.29) is 5.78 Å². The first-order valence-electron chi connectivity index (χ1n) is 5.12. The van der Waals surface area contributed by atoms with Crippen LogP contribution in [0.3, 0.4) is 0 Å². The number of rotatable bonds is 2. The standard InChI is InChI=1S/C13H13NOS/c1-8-6-11(7-9(2)14-8)13(15)12-4-5-16-10(12)3/h4-7H,1-3H3. The van der Waals surface area contributed by atoms with Gasteiger partial charge in [0.15, 0.2) is 5.78 Å². The van der Waals surface area contributed by atoms with Crippen LogP contribution in [0.4, 0.5) is 0 Å². The largest absolute Gasteiger partial charge is 0.289 e. The Bertz CT molecular complexity index is 522. The van der Waals surface area contributed by atoms with E-state index in [9.17, 15) is 4.79 Å². The van der Waals surface area contributed by atoms with E-state index in [0.29, 0.717) is 0 Å². The van der Waals surface area contributed by atoms with Crippen molar-refractivity contribution in [2.24, 2.45) is 0 Å². The molecule has 0 aliphatic carbocycles. The van der Waals surface area contributed by atoms with E-state index in [1.807, 2.05) is 44.4 Å². The summed E-state index contributed by atoms with van der Waals surface area (Å²) < 4.78 is 0. The van der Waals surface area contributed by atoms with Gasteiger partial charge >= 0.3 is 0 Å². The maximum Gasteiger partial charge on any atom is 0.194 e. The zero-order valence-electron chi connectivity index (χ0n) is 9.57. The number of hydrogen-bond donors (Lipinski definition) is 0. The summed E-state index contributed by atoms with van der Waals surface area (Å²) in [4.78, 5) is 17.5. The summed E-state index contributed by atoms with van der Waals surface area (Å²) in [6, 6.07) is 5.56. The Morgan fingerprint density at radius 2 is 1.81 bits per heavy atom. The summed E-state index contributed by atoms with van der Waals surface area (Å²) in [5, 5.41) is 1.95. The van der Waals surface area contributed by atoms with Gasteiger partial charge in [0.25, 0.3) is 0 Å². The Balaban J connectivity index is 2.45. The molecule has 0 N–H and O–H groups in total. The topological polar surface area (TPSA) is 30.0 Å². The van der Waals surface area contributed by atoms with Gasteiger partial charge in [-0.15, -0.1) is 11.3 Å². The quantitative estimate of drug-likeness (QED) is 0.742. The summed E-state index contributed by atoms with van der Waals surface area (Å²) in [5.74, 6) is 0.0901. The second-order valence-electron chi connectivity index (χ2n) is 3.86. The van der Waals surface area contributed by atoms with Crippen LogP contribution < -0.4 is 0 Å². The normalized spacial score (nSPS) is 10.4. The minimum atomic E-state index is 0.0901. The van der Waals surface area contributed by atoms with Gasteiger partial charge < -0.3 is 0 Å². The van der Waals surface area contributed by atoms with Crippen LogP contribution in [0.15, 0.2) is 23.6 Å². The van der Waals surface area contributed by atoms with Crippen LogP contribution in [0.25, 0.3) is 0 Å². The minimum Gasteiger partial charge on any atom is -0.289 e. The number of carbonyl (C=O) groups excluding carboxylic acids is 1. The average molecular weight is 231 g/mol. The van der Waals surface area contributed by atoms with Crippen molar-refractivity contribution in [3.8, 4) is 0 Å². The Morgan fingerprint density at radius 1 is 1.19 bits per heavy atom. The molecule has 0 atom stereocenters. The van der Waals surface area contributed by atoms with Crippen molar-refractivity contribution in [1.82, 2.24) is 4.98 Å². The number of nitrogens with zero attached hydrogens (tertiary/aromatic N) is 1. The highest BCUT2D eigenvalue weighted by atomic mass is 32.1. The van der Waals surface area contributed by atoms with Crippen LogP contribution in [-0.4, -0.2) is 10.8 Å². The van der Waals surface area contributed by atoms with Crippen molar-refractivity contribution >= 4 is 17.1 Å². The molecule has 2 rings (SSSR count). The van der Waals surface area contributed by atoms with Gasteiger partial charge in [-0.1, -0.05) is 0 Å². The van der Waals surface area contributed by atoms with Gasteiger partial charge in [0.1, 0.15) is 0 Å². The average Bonchev–Trinajstić information content (AvgIpc) is 2.62. The fourth-order valence-corrected chi connectivity index (χ4v) is 2.44. The number of carbonyl (C=O) groups is 1. The number of ketones is 1. The fraction of sp³-hybridized carbons (Fsp3) is 0.231. The van der Waals surface area contributed by atoms with E-state index in [2.05, 4.69) is 4.98 Å². The molecule has 0 radical (unpaired) electrons. The Kier molecular flexibility index (Phi) is 2.88. The van der Waals surface area contributed by atoms with E-state index < -0.39 is 0 Å². The molecule has 0 amide bonds. The summed E-state index contributed by atoms with van der Waals surface area (Å²) >= 11 is 1.60. The lowest BCUT2D eigenvalue weighted by molar-refractivity contribution is 0.103. The second-order valence-corrected chi connectivity index (χ2v) is 4.98. The summed E-state index contributed by atoms with van der Waals surface area (Å²) in [5.41, 5.74) is 3.30. The number of aryl methyl sites for hydroxylation is 3. The summed E-state index contributed by atoms with van der Waals surface area (Å²) in [7, 11) is 0. The molecule has 0 spiro atoms. The first kappa shape index (κ1) is 11.0. The molecule has 0 fully saturated rings. The molecule has 3 heteroatoms. The number of aromatic nitrogens is 1. The van der Waals surface area contributed by atoms with Crippen molar-refractivity contribution in [2.45, 2.75) is 20.8 Å². The van der Waals surface area contributed by atoms with Gasteiger partial charge in [0, 0.05) is 27.4 Å². The Hall–Kier alpha value is -1.48. The zero-order valence-corrected chi connectivity index (χ0v) is 10.4. The monoisotopic (exact) mass is 231 g/mol. The van der Waals surface area contributed by atoms with Crippen LogP contribution in [-0.2, 0) is 0 Å². The van der Waals surface area contributed by atoms with Crippen molar-refractivity contribution in [3.63, 3.8) is 0 Å². The summed E-state index contributed by atoms with van der Waals surface area (Å²) in [6.07, 6.45) is 0. The highest BCUT2D eigenvalue weighted by Crippen LogP contribution is 2.19. The lowest BCUT2D eigenvalue weighted by Crippen LogP contribution is -2.03. The van der Waals surface area contributed by atoms with Gasteiger partial charge in [0.2, 0.25) is 0 Å². The second kappa shape index (κ2) is 4.18. The van der Waals surface area contributed by atoms with Crippen molar-refractivity contribution < 1.29 is 4.79 Å². The molecule has 2 nitrogen and oxygen atoms in total. The van der Waals surface area contributed by atoms with Crippen LogP contribution in [0, 0.1) is 20.8 Å². The summed E-state index contributed by atoms with van der Waals surface area (Å²) in [6.45, 7) is 5.79. The van der Waals surface area contributed by atoms with Gasteiger partial charge in [-0.25, -0.2) is 0 Å². The number of hydrogen-bond acceptors (Lipinski definition) is 3. The first-order valence-corrected chi connectivity index (χ1v) is 6.00. The fourth-order valence-electron chi connectivity index (χ4n) is 1.74. The van der Waals surface area contributed by atoms with Crippen molar-refractivity contribution in [1.29, 1.82) is 0 Å². The van der Waals surface area contributed by atoms with Crippen LogP contribution >= 0.6 is 11.3 Å². The van der Waals surface area contributed by atoms with Crippen molar-refractivity contribution in [2.75, 3.05) is 0 Å². The SMILES string of the molecule is Cc1cc(C(=O)c2ccsc2C)cc(C)n1. The highest BCUT2D eigenvalue weighted by molar-refractivity contribution is 7.10. The molecule has 0 aromatic carbocycles. The minimum absolute atomic E-state index is 0.0901. The number of pyridine rings is 1. The molecule has 2 aromatic heterocycles. The molecule has 0 saturated heterocycles. The molecule has 2 heterocycles. The number of thiophene rings is 1. The van der Waals surface area contributed by atoms with Crippen LogP contribution in [0.2, 0.25) is 0 Å². The molecule has 0 bridgehead atoms. The predicted octanol–water partition coefficient (Wildman–Crippen LogP) is 3.30. The lowest BCUT2D eigenvalue weighted by atomic mass is 10.0. The molecule has 2 aromatic rings. The highest BCUT2D eigenvalue weighted by Gasteiger charge is 2.13. The third kappa shape index (κ3) is 2.04. The van der Waals surface area contributed by atoms with Crippen molar-refractivity contribution in [3.05, 3.63) is 51.0 Å². The molecule has 0 aliphatic heterocycles. The van der Waals surface area contributed by atoms with Gasteiger partial charge in [-0.05, 0) is 44.4 Å².